The van der Waals surface area contributed by atoms with E-state index in [4.69, 9.17) is 0 Å². The lowest BCUT2D eigenvalue weighted by Gasteiger charge is -2.53. The van der Waals surface area contributed by atoms with Crippen molar-refractivity contribution in [3.05, 3.63) is 29.3 Å². The molecule has 1 aromatic carbocycles. The second-order valence-corrected chi connectivity index (χ2v) is 6.93. The molecular weight excluding hydrogens is 252 g/mol. The van der Waals surface area contributed by atoms with Crippen molar-refractivity contribution in [3.8, 4) is 5.75 Å². The summed E-state index contributed by atoms with van der Waals surface area (Å²) in [6.45, 7) is 4.13. The van der Waals surface area contributed by atoms with Gasteiger partial charge in [-0.05, 0) is 67.2 Å². The number of hydrogen-bond acceptors (Lipinski definition) is 2. The molecule has 0 bridgehead atoms. The Bertz CT molecular complexity index is 565. The molecule has 3 nitrogen and oxygen atoms in total. The first-order valence-corrected chi connectivity index (χ1v) is 7.44. The van der Waals surface area contributed by atoms with Crippen molar-refractivity contribution in [3.63, 3.8) is 0 Å². The molecule has 3 rings (SSSR count). The van der Waals surface area contributed by atoms with Gasteiger partial charge in [-0.1, -0.05) is 19.4 Å². The van der Waals surface area contributed by atoms with E-state index in [2.05, 4.69) is 6.92 Å². The molecule has 1 fully saturated rings. The first kappa shape index (κ1) is 13.5. The number of rotatable bonds is 1. The maximum Gasteiger partial charge on any atom is 0.309 e. The van der Waals surface area contributed by atoms with Gasteiger partial charge >= 0.3 is 5.97 Å². The Morgan fingerprint density at radius 1 is 1.30 bits per heavy atom. The monoisotopic (exact) mass is 274 g/mol. The Balaban J connectivity index is 2.12. The Kier molecular flexibility index (Phi) is 2.86. The minimum atomic E-state index is -0.657. The van der Waals surface area contributed by atoms with Crippen molar-refractivity contribution >= 4 is 5.97 Å². The van der Waals surface area contributed by atoms with E-state index in [0.29, 0.717) is 5.75 Å². The van der Waals surface area contributed by atoms with Crippen LogP contribution in [0.3, 0.4) is 0 Å². The standard InChI is InChI=1S/C17H22O3/c1-16-8-3-9-17(2,15(19)20)14(16)7-4-11-10-12(18)5-6-13(11)16/h5-6,10,14,18H,3-4,7-9H2,1-2H3,(H,19,20)/t14-,16-,17+/m1/s1. The van der Waals surface area contributed by atoms with Crippen LogP contribution < -0.4 is 0 Å². The van der Waals surface area contributed by atoms with Gasteiger partial charge in [0.2, 0.25) is 0 Å². The van der Waals surface area contributed by atoms with Gasteiger partial charge in [0.15, 0.2) is 0 Å². The number of benzene rings is 1. The Hall–Kier alpha value is -1.51. The number of fused-ring (bicyclic) bond motifs is 3. The van der Waals surface area contributed by atoms with Crippen LogP contribution in [0.5, 0.6) is 5.75 Å². The number of phenolic OH excluding ortho intramolecular Hbond substituents is 1. The van der Waals surface area contributed by atoms with Crippen molar-refractivity contribution in [2.45, 2.75) is 51.4 Å². The van der Waals surface area contributed by atoms with Crippen molar-refractivity contribution in [1.82, 2.24) is 0 Å². The zero-order chi connectivity index (χ0) is 14.5. The first-order valence-electron chi connectivity index (χ1n) is 7.44. The maximum atomic E-state index is 11.8. The molecule has 1 aromatic rings. The number of phenols is 1. The Labute approximate surface area is 119 Å². The van der Waals surface area contributed by atoms with Gasteiger partial charge < -0.3 is 10.2 Å². The van der Waals surface area contributed by atoms with Crippen molar-refractivity contribution in [2.24, 2.45) is 11.3 Å². The molecule has 0 aliphatic heterocycles. The average molecular weight is 274 g/mol. The van der Waals surface area contributed by atoms with E-state index in [1.54, 1.807) is 6.07 Å². The zero-order valence-corrected chi connectivity index (χ0v) is 12.1. The first-order chi connectivity index (χ1) is 9.38. The maximum absolute atomic E-state index is 11.8. The summed E-state index contributed by atoms with van der Waals surface area (Å²) in [5.41, 5.74) is 1.74. The lowest BCUT2D eigenvalue weighted by Crippen LogP contribution is -2.52. The molecule has 0 aromatic heterocycles. The topological polar surface area (TPSA) is 57.5 Å². The number of carbonyl (C=O) groups is 1. The van der Waals surface area contributed by atoms with Crippen LogP contribution in [0.25, 0.3) is 0 Å². The number of carboxylic acid groups (broad SMARTS) is 1. The lowest BCUT2D eigenvalue weighted by molar-refractivity contribution is -0.157. The molecule has 0 unspecified atom stereocenters. The molecule has 1 saturated carbocycles. The highest BCUT2D eigenvalue weighted by Gasteiger charge is 2.55. The number of carboxylic acids is 1. The number of aryl methyl sites for hydroxylation is 1. The van der Waals surface area contributed by atoms with E-state index in [-0.39, 0.29) is 11.3 Å². The molecule has 0 spiro atoms. The summed E-state index contributed by atoms with van der Waals surface area (Å²) in [5, 5.41) is 19.4. The molecule has 0 saturated heterocycles. The third kappa shape index (κ3) is 1.68. The Morgan fingerprint density at radius 3 is 2.75 bits per heavy atom. The van der Waals surface area contributed by atoms with Gasteiger partial charge in [-0.3, -0.25) is 4.79 Å². The van der Waals surface area contributed by atoms with Crippen molar-refractivity contribution in [1.29, 1.82) is 0 Å². The molecule has 0 amide bonds. The third-order valence-electron chi connectivity index (χ3n) is 5.83. The highest BCUT2D eigenvalue weighted by molar-refractivity contribution is 5.75. The predicted octanol–water partition coefficient (Wildman–Crippen LogP) is 3.49. The van der Waals surface area contributed by atoms with Crippen LogP contribution in [-0.4, -0.2) is 16.2 Å². The van der Waals surface area contributed by atoms with Crippen LogP contribution in [0.4, 0.5) is 0 Å². The molecule has 3 atom stereocenters. The minimum Gasteiger partial charge on any atom is -0.508 e. The quantitative estimate of drug-likeness (QED) is 0.824. The molecule has 2 aliphatic rings. The van der Waals surface area contributed by atoms with E-state index in [1.165, 1.54) is 11.1 Å². The lowest BCUT2D eigenvalue weighted by atomic mass is 9.50. The van der Waals surface area contributed by atoms with E-state index in [1.807, 2.05) is 19.1 Å². The van der Waals surface area contributed by atoms with Gasteiger partial charge in [0.1, 0.15) is 5.75 Å². The fraction of sp³-hybridized carbons (Fsp3) is 0.588. The largest absolute Gasteiger partial charge is 0.508 e. The average Bonchev–Trinajstić information content (AvgIpc) is 2.37. The van der Waals surface area contributed by atoms with Gasteiger partial charge in [0.05, 0.1) is 5.41 Å². The molecule has 0 heterocycles. The molecule has 108 valence electrons. The summed E-state index contributed by atoms with van der Waals surface area (Å²) in [6, 6.07) is 5.59. The number of aromatic hydroxyl groups is 1. The van der Waals surface area contributed by atoms with Gasteiger partial charge in [-0.15, -0.1) is 0 Å². The normalized spacial score (nSPS) is 36.0. The summed E-state index contributed by atoms with van der Waals surface area (Å²) < 4.78 is 0. The van der Waals surface area contributed by atoms with Crippen LogP contribution in [0.2, 0.25) is 0 Å². The smallest absolute Gasteiger partial charge is 0.309 e. The molecular formula is C17H22O3. The molecule has 2 N–H and O–H groups in total. The molecule has 20 heavy (non-hydrogen) atoms. The molecule has 2 aliphatic carbocycles. The fourth-order valence-electron chi connectivity index (χ4n) is 4.73. The predicted molar refractivity (Wildman–Crippen MR) is 76.9 cm³/mol. The summed E-state index contributed by atoms with van der Waals surface area (Å²) in [5.74, 6) is -0.170. The van der Waals surface area contributed by atoms with Crippen LogP contribution >= 0.6 is 0 Å². The summed E-state index contributed by atoms with van der Waals surface area (Å²) in [6.07, 6.45) is 4.53. The second kappa shape index (κ2) is 4.24. The van der Waals surface area contributed by atoms with E-state index >= 15 is 0 Å². The van der Waals surface area contributed by atoms with Gasteiger partial charge in [0.25, 0.3) is 0 Å². The van der Waals surface area contributed by atoms with E-state index in [9.17, 15) is 15.0 Å². The van der Waals surface area contributed by atoms with E-state index < -0.39 is 11.4 Å². The highest BCUT2D eigenvalue weighted by atomic mass is 16.4. The minimum absolute atomic E-state index is 0.0767. The fourth-order valence-corrected chi connectivity index (χ4v) is 4.73. The van der Waals surface area contributed by atoms with Crippen LogP contribution in [0, 0.1) is 11.3 Å². The SMILES string of the molecule is C[C@]1(C(=O)O)CCC[C@]2(C)c3ccc(O)cc3CC[C@@H]12. The Morgan fingerprint density at radius 2 is 2.05 bits per heavy atom. The van der Waals surface area contributed by atoms with Gasteiger partial charge in [0, 0.05) is 0 Å². The van der Waals surface area contributed by atoms with Crippen molar-refractivity contribution < 1.29 is 15.0 Å². The van der Waals surface area contributed by atoms with Crippen LogP contribution in [0.1, 0.15) is 50.7 Å². The number of hydrogen-bond donors (Lipinski definition) is 2. The zero-order valence-electron chi connectivity index (χ0n) is 12.1. The van der Waals surface area contributed by atoms with Gasteiger partial charge in [-0.2, -0.15) is 0 Å². The molecule has 3 heteroatoms. The molecule has 0 radical (unpaired) electrons. The second-order valence-electron chi connectivity index (χ2n) is 6.93. The summed E-state index contributed by atoms with van der Waals surface area (Å²) in [7, 11) is 0. The summed E-state index contributed by atoms with van der Waals surface area (Å²) >= 11 is 0. The summed E-state index contributed by atoms with van der Waals surface area (Å²) in [4.78, 5) is 11.8. The van der Waals surface area contributed by atoms with Crippen LogP contribution in [0.15, 0.2) is 18.2 Å². The van der Waals surface area contributed by atoms with Crippen LogP contribution in [-0.2, 0) is 16.6 Å². The highest BCUT2D eigenvalue weighted by Crippen LogP contribution is 2.57. The van der Waals surface area contributed by atoms with Gasteiger partial charge in [-0.25, -0.2) is 0 Å². The number of aliphatic carboxylic acids is 1. The van der Waals surface area contributed by atoms with E-state index in [0.717, 1.165) is 32.1 Å². The van der Waals surface area contributed by atoms with Crippen molar-refractivity contribution in [2.75, 3.05) is 0 Å². The third-order valence-corrected chi connectivity index (χ3v) is 5.83.